The van der Waals surface area contributed by atoms with Crippen molar-refractivity contribution < 1.29 is 18.8 Å². The van der Waals surface area contributed by atoms with Gasteiger partial charge in [0.05, 0.1) is 5.56 Å². The smallest absolute Gasteiger partial charge is 0.255 e. The minimum atomic E-state index is 0.123. The third-order valence-electron chi connectivity index (χ3n) is 6.71. The van der Waals surface area contributed by atoms with Gasteiger partial charge in [-0.25, -0.2) is 0 Å². The lowest BCUT2D eigenvalue weighted by atomic mass is 9.95. The molecular formula is C23H34N4O4. The fourth-order valence-corrected chi connectivity index (χ4v) is 4.76. The highest BCUT2D eigenvalue weighted by atomic mass is 16.5. The van der Waals surface area contributed by atoms with Crippen LogP contribution in [0.25, 0.3) is 0 Å². The molecule has 2 aromatic heterocycles. The van der Waals surface area contributed by atoms with Crippen molar-refractivity contribution in [2.45, 2.75) is 64.3 Å². The van der Waals surface area contributed by atoms with Gasteiger partial charge in [0, 0.05) is 69.8 Å². The zero-order valence-electron chi connectivity index (χ0n) is 18.9. The van der Waals surface area contributed by atoms with Crippen LogP contribution >= 0.6 is 0 Å². The van der Waals surface area contributed by atoms with Crippen molar-refractivity contribution in [1.82, 2.24) is 19.6 Å². The zero-order chi connectivity index (χ0) is 21.8. The van der Waals surface area contributed by atoms with Crippen molar-refractivity contribution in [2.24, 2.45) is 0 Å². The van der Waals surface area contributed by atoms with Crippen LogP contribution in [-0.2, 0) is 16.0 Å². The lowest BCUT2D eigenvalue weighted by Crippen LogP contribution is -2.38. The first-order valence-corrected chi connectivity index (χ1v) is 11.4. The average molecular weight is 431 g/mol. The molecule has 2 fully saturated rings. The molecule has 31 heavy (non-hydrogen) atoms. The molecule has 1 amide bonds. The molecule has 0 atom stereocenters. The summed E-state index contributed by atoms with van der Waals surface area (Å²) >= 11 is 0. The summed E-state index contributed by atoms with van der Waals surface area (Å²) in [5.74, 6) is 2.24. The second kappa shape index (κ2) is 9.96. The standard InChI is InChI=1S/C23H34N4O4/c1-16-15-20(17(2)27(16)9-4-12-29-3)23(28)26-10-5-19(6-11-26)22-24-21(25-31-22)18-7-13-30-14-8-18/h15,18-19H,4-14H2,1-3H3. The van der Waals surface area contributed by atoms with E-state index >= 15 is 0 Å². The van der Waals surface area contributed by atoms with Crippen LogP contribution in [-0.4, -0.2) is 65.5 Å². The number of methoxy groups -OCH3 is 1. The average Bonchev–Trinajstić information content (AvgIpc) is 3.40. The van der Waals surface area contributed by atoms with E-state index < -0.39 is 0 Å². The molecule has 0 spiro atoms. The van der Waals surface area contributed by atoms with Crippen LogP contribution < -0.4 is 0 Å². The topological polar surface area (TPSA) is 82.6 Å². The number of hydrogen-bond donors (Lipinski definition) is 0. The Morgan fingerprint density at radius 2 is 1.90 bits per heavy atom. The monoisotopic (exact) mass is 430 g/mol. The molecule has 0 radical (unpaired) electrons. The Kier molecular flexibility index (Phi) is 7.07. The molecule has 4 rings (SSSR count). The van der Waals surface area contributed by atoms with E-state index in [1.807, 2.05) is 17.9 Å². The highest BCUT2D eigenvalue weighted by molar-refractivity contribution is 5.95. The molecule has 0 saturated carbocycles. The molecule has 2 aromatic rings. The van der Waals surface area contributed by atoms with Crippen molar-refractivity contribution in [3.63, 3.8) is 0 Å². The zero-order valence-corrected chi connectivity index (χ0v) is 18.9. The Morgan fingerprint density at radius 3 is 2.61 bits per heavy atom. The van der Waals surface area contributed by atoms with E-state index in [2.05, 4.69) is 16.6 Å². The van der Waals surface area contributed by atoms with Crippen LogP contribution in [0.5, 0.6) is 0 Å². The second-order valence-electron chi connectivity index (χ2n) is 8.73. The van der Waals surface area contributed by atoms with Crippen LogP contribution in [0.1, 0.15) is 77.4 Å². The highest BCUT2D eigenvalue weighted by Gasteiger charge is 2.30. The molecule has 2 saturated heterocycles. The Labute approximate surface area is 183 Å². The Morgan fingerprint density at radius 1 is 1.16 bits per heavy atom. The molecule has 2 aliphatic heterocycles. The molecule has 8 heteroatoms. The van der Waals surface area contributed by atoms with Gasteiger partial charge in [-0.15, -0.1) is 0 Å². The van der Waals surface area contributed by atoms with Gasteiger partial charge in [-0.1, -0.05) is 5.16 Å². The third-order valence-corrected chi connectivity index (χ3v) is 6.71. The van der Waals surface area contributed by atoms with Gasteiger partial charge < -0.3 is 23.5 Å². The van der Waals surface area contributed by atoms with Gasteiger partial charge in [-0.3, -0.25) is 4.79 Å². The Hall–Kier alpha value is -2.19. The molecule has 0 aromatic carbocycles. The number of amides is 1. The Bertz CT molecular complexity index is 876. The molecule has 8 nitrogen and oxygen atoms in total. The van der Waals surface area contributed by atoms with Crippen molar-refractivity contribution in [3.05, 3.63) is 34.7 Å². The van der Waals surface area contributed by atoms with Crippen molar-refractivity contribution in [2.75, 3.05) is 40.0 Å². The summed E-state index contributed by atoms with van der Waals surface area (Å²) < 4.78 is 18.4. The maximum atomic E-state index is 13.2. The maximum Gasteiger partial charge on any atom is 0.255 e. The summed E-state index contributed by atoms with van der Waals surface area (Å²) in [5.41, 5.74) is 2.98. The summed E-state index contributed by atoms with van der Waals surface area (Å²) in [6.45, 7) is 8.65. The number of aryl methyl sites for hydroxylation is 1. The van der Waals surface area contributed by atoms with E-state index in [4.69, 9.17) is 19.0 Å². The first kappa shape index (κ1) is 22.0. The van der Waals surface area contributed by atoms with Gasteiger partial charge in [0.2, 0.25) is 5.89 Å². The van der Waals surface area contributed by atoms with Gasteiger partial charge >= 0.3 is 0 Å². The molecule has 4 heterocycles. The Balaban J connectivity index is 1.35. The van der Waals surface area contributed by atoms with Crippen LogP contribution in [0.4, 0.5) is 0 Å². The number of nitrogens with zero attached hydrogens (tertiary/aromatic N) is 4. The first-order chi connectivity index (χ1) is 15.1. The lowest BCUT2D eigenvalue weighted by Gasteiger charge is -2.30. The molecule has 0 bridgehead atoms. The molecule has 170 valence electrons. The molecule has 0 aliphatic carbocycles. The second-order valence-corrected chi connectivity index (χ2v) is 8.73. The van der Waals surface area contributed by atoms with Gasteiger partial charge in [0.25, 0.3) is 5.91 Å². The van der Waals surface area contributed by atoms with Crippen molar-refractivity contribution in [3.8, 4) is 0 Å². The number of carbonyl (C=O) groups excluding carboxylic acids is 1. The lowest BCUT2D eigenvalue weighted by molar-refractivity contribution is 0.0703. The summed E-state index contributed by atoms with van der Waals surface area (Å²) in [4.78, 5) is 19.9. The van der Waals surface area contributed by atoms with Gasteiger partial charge in [-0.2, -0.15) is 4.98 Å². The van der Waals surface area contributed by atoms with Crippen LogP contribution in [0.2, 0.25) is 0 Å². The van der Waals surface area contributed by atoms with Crippen molar-refractivity contribution in [1.29, 1.82) is 0 Å². The number of aromatic nitrogens is 3. The normalized spacial score (nSPS) is 18.6. The summed E-state index contributed by atoms with van der Waals surface area (Å²) in [6.07, 6.45) is 4.55. The van der Waals surface area contributed by atoms with Gasteiger partial charge in [0.1, 0.15) is 0 Å². The van der Waals surface area contributed by atoms with E-state index in [9.17, 15) is 4.79 Å². The SMILES string of the molecule is COCCCn1c(C)cc(C(=O)N2CCC(c3nc(C4CCOCC4)no3)CC2)c1C. The highest BCUT2D eigenvalue weighted by Crippen LogP contribution is 2.31. The van der Waals surface area contributed by atoms with Gasteiger partial charge in [-0.05, 0) is 52.0 Å². The van der Waals surface area contributed by atoms with Crippen LogP contribution in [0.15, 0.2) is 10.6 Å². The maximum absolute atomic E-state index is 13.2. The van der Waals surface area contributed by atoms with E-state index in [-0.39, 0.29) is 11.8 Å². The number of rotatable bonds is 7. The number of hydrogen-bond acceptors (Lipinski definition) is 6. The minimum Gasteiger partial charge on any atom is -0.385 e. The predicted octanol–water partition coefficient (Wildman–Crippen LogP) is 3.44. The molecule has 0 N–H and O–H groups in total. The van der Waals surface area contributed by atoms with E-state index in [1.54, 1.807) is 7.11 Å². The minimum absolute atomic E-state index is 0.123. The summed E-state index contributed by atoms with van der Waals surface area (Å²) in [7, 11) is 1.72. The number of piperidine rings is 1. The number of ether oxygens (including phenoxy) is 2. The third kappa shape index (κ3) is 4.85. The van der Waals surface area contributed by atoms with Crippen LogP contribution in [0.3, 0.4) is 0 Å². The largest absolute Gasteiger partial charge is 0.385 e. The molecule has 0 unspecified atom stereocenters. The van der Waals surface area contributed by atoms with E-state index in [1.165, 1.54) is 0 Å². The fraction of sp³-hybridized carbons (Fsp3) is 0.696. The van der Waals surface area contributed by atoms with E-state index in [0.29, 0.717) is 19.0 Å². The van der Waals surface area contributed by atoms with Crippen LogP contribution in [0, 0.1) is 13.8 Å². The number of carbonyl (C=O) groups is 1. The van der Waals surface area contributed by atoms with Crippen molar-refractivity contribution >= 4 is 5.91 Å². The summed E-state index contributed by atoms with van der Waals surface area (Å²) in [5, 5.41) is 4.24. The number of likely N-dealkylation sites (tertiary alicyclic amines) is 1. The quantitative estimate of drug-likeness (QED) is 0.626. The first-order valence-electron chi connectivity index (χ1n) is 11.4. The molecular weight excluding hydrogens is 396 g/mol. The van der Waals surface area contributed by atoms with E-state index in [0.717, 1.165) is 87.1 Å². The predicted molar refractivity (Wildman–Crippen MR) is 115 cm³/mol. The fourth-order valence-electron chi connectivity index (χ4n) is 4.76. The van der Waals surface area contributed by atoms with Gasteiger partial charge in [0.15, 0.2) is 5.82 Å². The summed E-state index contributed by atoms with van der Waals surface area (Å²) in [6, 6.07) is 2.02. The molecule has 2 aliphatic rings.